The Morgan fingerprint density at radius 1 is 1.50 bits per heavy atom. The van der Waals surface area contributed by atoms with Gasteiger partial charge in [-0.15, -0.1) is 0 Å². The van der Waals surface area contributed by atoms with E-state index >= 15 is 0 Å². The summed E-state index contributed by atoms with van der Waals surface area (Å²) in [6, 6.07) is 1.46. The number of rotatable bonds is 5. The molecule has 9 radical (unpaired) electrons. The Labute approximate surface area is 62.1 Å². The van der Waals surface area contributed by atoms with Gasteiger partial charge in [-0.1, -0.05) is 25.8 Å². The third-order valence-corrected chi connectivity index (χ3v) is 9.46. The quantitative estimate of drug-likeness (QED) is 0.408. The summed E-state index contributed by atoms with van der Waals surface area (Å²) in [6.45, 7) is 2.25. The van der Waals surface area contributed by atoms with Gasteiger partial charge in [0.25, 0.3) is 0 Å². The van der Waals surface area contributed by atoms with Crippen LogP contribution in [0.3, 0.4) is 0 Å². The smallest absolute Gasteiger partial charge is 0.0180 e. The molecule has 0 fully saturated rings. The van der Waals surface area contributed by atoms with Gasteiger partial charge in [0, 0.05) is 35.9 Å². The molecule has 0 atom stereocenters. The van der Waals surface area contributed by atoms with Crippen LogP contribution >= 0.6 is 0 Å². The highest BCUT2D eigenvalue weighted by molar-refractivity contribution is 7.41. The summed E-state index contributed by atoms with van der Waals surface area (Å²) >= 11 is 0. The first-order chi connectivity index (χ1) is 3.91. The van der Waals surface area contributed by atoms with Crippen molar-refractivity contribution in [2.75, 3.05) is 0 Å². The topological polar surface area (TPSA) is 0 Å². The Morgan fingerprint density at radius 3 is 2.75 bits per heavy atom. The molecule has 0 spiro atoms. The molecule has 0 amide bonds. The van der Waals surface area contributed by atoms with Gasteiger partial charge in [0.05, 0.1) is 0 Å². The average molecular weight is 169 g/mol. The van der Waals surface area contributed by atoms with Crippen molar-refractivity contribution >= 4 is 35.9 Å². The molecular weight excluding hydrogens is 160 g/mol. The van der Waals surface area contributed by atoms with Crippen molar-refractivity contribution in [2.24, 2.45) is 0 Å². The van der Waals surface area contributed by atoms with E-state index in [1.807, 2.05) is 0 Å². The van der Waals surface area contributed by atoms with E-state index < -0.39 is 0 Å². The maximum atomic E-state index is 3.49. The van der Waals surface area contributed by atoms with Gasteiger partial charge >= 0.3 is 0 Å². The molecule has 0 aromatic heterocycles. The first-order valence-electron chi connectivity index (χ1n) is 2.81. The van der Waals surface area contributed by atoms with Gasteiger partial charge in [-0.3, -0.25) is 0 Å². The molecule has 0 saturated heterocycles. The van der Waals surface area contributed by atoms with E-state index in [4.69, 9.17) is 0 Å². The lowest BCUT2D eigenvalue weighted by molar-refractivity contribution is 0.882. The van der Waals surface area contributed by atoms with Crippen LogP contribution < -0.4 is 0 Å². The van der Waals surface area contributed by atoms with Crippen LogP contribution in [0.1, 0.15) is 19.8 Å². The zero-order valence-electron chi connectivity index (χ0n) is 5.12. The van der Waals surface area contributed by atoms with Crippen molar-refractivity contribution in [3.05, 3.63) is 0 Å². The summed E-state index contributed by atoms with van der Waals surface area (Å²) in [6.07, 6.45) is 2.80. The Kier molecular flexibility index (Phi) is 8.72. The standard InChI is InChI=1S/C4H9Si4/c1-2-3-4-6-8-7-5/h2-4H2,1H3. The van der Waals surface area contributed by atoms with Crippen molar-refractivity contribution in [1.82, 2.24) is 0 Å². The van der Waals surface area contributed by atoms with Gasteiger partial charge < -0.3 is 0 Å². The van der Waals surface area contributed by atoms with Crippen molar-refractivity contribution in [2.45, 2.75) is 25.8 Å². The molecule has 0 nitrogen and oxygen atoms in total. The van der Waals surface area contributed by atoms with Crippen LogP contribution in [0.2, 0.25) is 6.04 Å². The molecule has 0 rings (SSSR count). The summed E-state index contributed by atoms with van der Waals surface area (Å²) in [5, 5.41) is 0. The Hall–Kier alpha value is 0.868. The van der Waals surface area contributed by atoms with E-state index in [0.717, 1.165) is 8.55 Å². The van der Waals surface area contributed by atoms with Gasteiger partial charge in [0.2, 0.25) is 0 Å². The molecule has 0 unspecified atom stereocenters. The normalized spacial score (nSPS) is 9.75. The molecule has 0 N–H and O–H groups in total. The number of unbranched alkanes of at least 4 members (excludes halogenated alkanes) is 1. The number of hydrogen-bond acceptors (Lipinski definition) is 0. The molecule has 0 saturated carbocycles. The van der Waals surface area contributed by atoms with E-state index in [9.17, 15) is 0 Å². The second kappa shape index (κ2) is 7.87. The van der Waals surface area contributed by atoms with Crippen molar-refractivity contribution < 1.29 is 0 Å². The van der Waals surface area contributed by atoms with Crippen LogP contribution in [0, 0.1) is 0 Å². The fraction of sp³-hybridized carbons (Fsp3) is 1.00. The lowest BCUT2D eigenvalue weighted by Crippen LogP contribution is -2.11. The molecule has 41 valence electrons. The van der Waals surface area contributed by atoms with Crippen LogP contribution in [0.4, 0.5) is 0 Å². The summed E-state index contributed by atoms with van der Waals surface area (Å²) in [4.78, 5) is 0. The van der Waals surface area contributed by atoms with E-state index in [0.29, 0.717) is 0 Å². The molecule has 0 aliphatic rings. The van der Waals surface area contributed by atoms with Crippen LogP contribution in [0.5, 0.6) is 0 Å². The summed E-state index contributed by atoms with van der Waals surface area (Å²) in [5.41, 5.74) is 0. The van der Waals surface area contributed by atoms with E-state index in [1.54, 1.807) is 0 Å². The summed E-state index contributed by atoms with van der Waals surface area (Å²) in [5.74, 6) is 0. The predicted octanol–water partition coefficient (Wildman–Crippen LogP) is 0.231. The Balaban J connectivity index is 2.53. The van der Waals surface area contributed by atoms with Crippen LogP contribution in [0.25, 0.3) is 0 Å². The molecule has 0 heterocycles. The van der Waals surface area contributed by atoms with Crippen molar-refractivity contribution in [3.8, 4) is 0 Å². The lowest BCUT2D eigenvalue weighted by Gasteiger charge is -1.91. The highest BCUT2D eigenvalue weighted by atomic mass is 29.7. The minimum absolute atomic E-state index is 1.01. The van der Waals surface area contributed by atoms with Gasteiger partial charge in [-0.25, -0.2) is 0 Å². The fourth-order valence-electron chi connectivity index (χ4n) is 0.372. The van der Waals surface area contributed by atoms with Gasteiger partial charge in [0.1, 0.15) is 0 Å². The predicted molar refractivity (Wildman–Crippen MR) is 42.7 cm³/mol. The third-order valence-electron chi connectivity index (χ3n) is 0.806. The van der Waals surface area contributed by atoms with E-state index in [-0.39, 0.29) is 0 Å². The molecule has 0 aromatic carbocycles. The molecule has 0 aromatic rings. The van der Waals surface area contributed by atoms with E-state index in [1.165, 1.54) is 36.5 Å². The SMILES string of the molecule is CCCC[Si][Si][Si][Si]. The Morgan fingerprint density at radius 2 is 2.25 bits per heavy atom. The Bertz CT molecular complexity index is 33.0. The molecule has 4 heteroatoms. The maximum Gasteiger partial charge on any atom is 0.0180 e. The minimum Gasteiger partial charge on any atom is -0.0654 e. The summed E-state index contributed by atoms with van der Waals surface area (Å²) in [7, 11) is 6.93. The molecule has 8 heavy (non-hydrogen) atoms. The van der Waals surface area contributed by atoms with Crippen LogP contribution in [-0.4, -0.2) is 35.9 Å². The third kappa shape index (κ3) is 6.87. The first-order valence-corrected chi connectivity index (χ1v) is 9.52. The van der Waals surface area contributed by atoms with Crippen molar-refractivity contribution in [1.29, 1.82) is 0 Å². The lowest BCUT2D eigenvalue weighted by atomic mass is 10.4. The largest absolute Gasteiger partial charge is 0.0654 e. The van der Waals surface area contributed by atoms with Gasteiger partial charge in [0.15, 0.2) is 0 Å². The second-order valence-electron chi connectivity index (χ2n) is 1.53. The second-order valence-corrected chi connectivity index (χ2v) is 9.94. The zero-order chi connectivity index (χ0) is 6.24. The van der Waals surface area contributed by atoms with Crippen LogP contribution in [0.15, 0.2) is 0 Å². The van der Waals surface area contributed by atoms with E-state index in [2.05, 4.69) is 16.7 Å². The van der Waals surface area contributed by atoms with Crippen LogP contribution in [-0.2, 0) is 0 Å². The number of hydrogen-bond donors (Lipinski definition) is 0. The monoisotopic (exact) mass is 169 g/mol. The zero-order valence-corrected chi connectivity index (χ0v) is 9.12. The van der Waals surface area contributed by atoms with Gasteiger partial charge in [-0.2, -0.15) is 0 Å². The minimum atomic E-state index is 1.01. The molecular formula is C4H9Si4. The first kappa shape index (κ1) is 8.87. The van der Waals surface area contributed by atoms with Crippen molar-refractivity contribution in [3.63, 3.8) is 0 Å². The molecule has 0 bridgehead atoms. The molecule has 0 aliphatic heterocycles. The molecule has 0 aliphatic carbocycles. The average Bonchev–Trinajstić information content (AvgIpc) is 1.81. The summed E-state index contributed by atoms with van der Waals surface area (Å²) < 4.78 is 0. The maximum absolute atomic E-state index is 3.49. The highest BCUT2D eigenvalue weighted by Gasteiger charge is 1.86. The fourth-order valence-corrected chi connectivity index (χ4v) is 6.59. The highest BCUT2D eigenvalue weighted by Crippen LogP contribution is 1.90. The van der Waals surface area contributed by atoms with Gasteiger partial charge in [-0.05, 0) is 0 Å².